The van der Waals surface area contributed by atoms with Crippen LogP contribution in [0.3, 0.4) is 0 Å². The van der Waals surface area contributed by atoms with Crippen molar-refractivity contribution in [2.24, 2.45) is 10.9 Å². The molecule has 3 N–H and O–H groups in total. The number of guanidine groups is 1. The molecule has 1 aromatic carbocycles. The first-order valence-electron chi connectivity index (χ1n) is 10.2. The Morgan fingerprint density at radius 3 is 2.57 bits per heavy atom. The van der Waals surface area contributed by atoms with Crippen LogP contribution in [0.2, 0.25) is 0 Å². The molecule has 3 rings (SSSR count). The SMILES string of the molecule is CN=C(NCCNC(=O)CC1CCCC1)NC1CC(=O)N(c2ccccc2)C1. The Labute approximate surface area is 167 Å². The molecule has 1 saturated heterocycles. The van der Waals surface area contributed by atoms with Crippen LogP contribution >= 0.6 is 0 Å². The van der Waals surface area contributed by atoms with E-state index in [9.17, 15) is 9.59 Å². The number of carbonyl (C=O) groups is 2. The Balaban J connectivity index is 1.36. The summed E-state index contributed by atoms with van der Waals surface area (Å²) in [4.78, 5) is 30.3. The fourth-order valence-electron chi connectivity index (χ4n) is 3.98. The summed E-state index contributed by atoms with van der Waals surface area (Å²) in [7, 11) is 1.71. The van der Waals surface area contributed by atoms with E-state index >= 15 is 0 Å². The average molecular weight is 386 g/mol. The van der Waals surface area contributed by atoms with Crippen molar-refractivity contribution >= 4 is 23.5 Å². The topological polar surface area (TPSA) is 85.8 Å². The Morgan fingerprint density at radius 2 is 1.86 bits per heavy atom. The lowest BCUT2D eigenvalue weighted by Crippen LogP contribution is -2.46. The van der Waals surface area contributed by atoms with Gasteiger partial charge >= 0.3 is 0 Å². The van der Waals surface area contributed by atoms with Crippen molar-refractivity contribution in [3.05, 3.63) is 30.3 Å². The summed E-state index contributed by atoms with van der Waals surface area (Å²) in [5.41, 5.74) is 0.921. The van der Waals surface area contributed by atoms with Crippen LogP contribution in [0.1, 0.15) is 38.5 Å². The molecule has 1 unspecified atom stereocenters. The molecule has 1 heterocycles. The van der Waals surface area contributed by atoms with Crippen molar-refractivity contribution in [3.63, 3.8) is 0 Å². The highest BCUT2D eigenvalue weighted by atomic mass is 16.2. The third-order valence-electron chi connectivity index (χ3n) is 5.45. The molecule has 2 amide bonds. The van der Waals surface area contributed by atoms with Crippen molar-refractivity contribution in [1.29, 1.82) is 0 Å². The number of amides is 2. The highest BCUT2D eigenvalue weighted by molar-refractivity contribution is 5.97. The molecular formula is C21H31N5O2. The lowest BCUT2D eigenvalue weighted by Gasteiger charge is -2.19. The molecule has 1 aliphatic heterocycles. The van der Waals surface area contributed by atoms with Crippen LogP contribution in [-0.4, -0.2) is 50.5 Å². The fraction of sp³-hybridized carbons (Fsp3) is 0.571. The molecule has 1 atom stereocenters. The number of para-hydroxylation sites is 1. The van der Waals surface area contributed by atoms with Crippen LogP contribution in [0.5, 0.6) is 0 Å². The summed E-state index contributed by atoms with van der Waals surface area (Å²) in [6.07, 6.45) is 5.96. The van der Waals surface area contributed by atoms with Gasteiger partial charge in [0, 0.05) is 45.2 Å². The molecule has 1 aromatic rings. The third kappa shape index (κ3) is 5.71. The van der Waals surface area contributed by atoms with Gasteiger partial charge in [-0.3, -0.25) is 14.6 Å². The summed E-state index contributed by atoms with van der Waals surface area (Å²) < 4.78 is 0. The lowest BCUT2D eigenvalue weighted by atomic mass is 10.0. The molecule has 0 spiro atoms. The first-order valence-corrected chi connectivity index (χ1v) is 10.2. The van der Waals surface area contributed by atoms with Gasteiger partial charge in [-0.1, -0.05) is 31.0 Å². The highest BCUT2D eigenvalue weighted by Crippen LogP contribution is 2.27. The molecule has 28 heavy (non-hydrogen) atoms. The first-order chi connectivity index (χ1) is 13.7. The standard InChI is InChI=1S/C21H31N5O2/c1-22-21(24-12-11-23-19(27)13-16-7-5-6-8-16)25-17-14-20(28)26(15-17)18-9-3-2-4-10-18/h2-4,9-10,16-17H,5-8,11-15H2,1H3,(H,23,27)(H2,22,24,25). The monoisotopic (exact) mass is 385 g/mol. The van der Waals surface area contributed by atoms with E-state index in [-0.39, 0.29) is 17.9 Å². The minimum absolute atomic E-state index is 0.0101. The van der Waals surface area contributed by atoms with Gasteiger partial charge in [0.1, 0.15) is 0 Å². The minimum atomic E-state index is 0.0101. The fourth-order valence-corrected chi connectivity index (χ4v) is 3.98. The zero-order chi connectivity index (χ0) is 19.8. The summed E-state index contributed by atoms with van der Waals surface area (Å²) in [5, 5.41) is 9.49. The van der Waals surface area contributed by atoms with Gasteiger partial charge in [0.25, 0.3) is 0 Å². The van der Waals surface area contributed by atoms with Crippen molar-refractivity contribution < 1.29 is 9.59 Å². The van der Waals surface area contributed by atoms with Crippen molar-refractivity contribution in [2.45, 2.75) is 44.6 Å². The maximum atomic E-state index is 12.3. The second-order valence-corrected chi connectivity index (χ2v) is 7.59. The second-order valence-electron chi connectivity index (χ2n) is 7.59. The van der Waals surface area contributed by atoms with Gasteiger partial charge in [0.2, 0.25) is 11.8 Å². The summed E-state index contributed by atoms with van der Waals surface area (Å²) in [6.45, 7) is 1.77. The maximum Gasteiger partial charge on any atom is 0.229 e. The number of benzene rings is 1. The molecule has 0 bridgehead atoms. The van der Waals surface area contributed by atoms with Gasteiger partial charge in [0.15, 0.2) is 5.96 Å². The third-order valence-corrected chi connectivity index (χ3v) is 5.45. The smallest absolute Gasteiger partial charge is 0.229 e. The molecule has 7 heteroatoms. The van der Waals surface area contributed by atoms with E-state index in [1.807, 2.05) is 30.3 Å². The molecule has 7 nitrogen and oxygen atoms in total. The summed E-state index contributed by atoms with van der Waals surface area (Å²) in [5.74, 6) is 1.46. The number of aliphatic imine (C=N–C) groups is 1. The number of nitrogens with zero attached hydrogens (tertiary/aromatic N) is 2. The summed E-state index contributed by atoms with van der Waals surface area (Å²) >= 11 is 0. The van der Waals surface area contributed by atoms with Crippen LogP contribution in [0.25, 0.3) is 0 Å². The number of rotatable bonds is 7. The van der Waals surface area contributed by atoms with Crippen LogP contribution in [0.15, 0.2) is 35.3 Å². The van der Waals surface area contributed by atoms with E-state index in [1.165, 1.54) is 25.7 Å². The Bertz CT molecular complexity index is 685. The number of carbonyl (C=O) groups excluding carboxylic acids is 2. The number of anilines is 1. The molecule has 1 saturated carbocycles. The highest BCUT2D eigenvalue weighted by Gasteiger charge is 2.31. The van der Waals surface area contributed by atoms with Crippen molar-refractivity contribution in [1.82, 2.24) is 16.0 Å². The molecule has 152 valence electrons. The van der Waals surface area contributed by atoms with Crippen LogP contribution in [0.4, 0.5) is 5.69 Å². The first kappa shape index (κ1) is 20.2. The molecule has 0 radical (unpaired) electrons. The summed E-state index contributed by atoms with van der Waals surface area (Å²) in [6, 6.07) is 9.72. The van der Waals surface area contributed by atoms with Crippen molar-refractivity contribution in [2.75, 3.05) is 31.6 Å². The van der Waals surface area contributed by atoms with Crippen LogP contribution < -0.4 is 20.9 Å². The predicted octanol–water partition coefficient (Wildman–Crippen LogP) is 1.65. The van der Waals surface area contributed by atoms with E-state index in [4.69, 9.17) is 0 Å². The molecule has 1 aliphatic carbocycles. The molecule has 2 fully saturated rings. The number of hydrogen-bond donors (Lipinski definition) is 3. The number of nitrogens with one attached hydrogen (secondary N) is 3. The normalized spacial score (nSPS) is 20.5. The Kier molecular flexibility index (Phi) is 7.28. The zero-order valence-electron chi connectivity index (χ0n) is 16.6. The molecule has 2 aliphatic rings. The average Bonchev–Trinajstić information content (AvgIpc) is 3.34. The van der Waals surface area contributed by atoms with E-state index in [0.717, 1.165) is 5.69 Å². The second kappa shape index (κ2) is 10.1. The maximum absolute atomic E-state index is 12.3. The van der Waals surface area contributed by atoms with Crippen molar-refractivity contribution in [3.8, 4) is 0 Å². The Morgan fingerprint density at radius 1 is 1.14 bits per heavy atom. The van der Waals surface area contributed by atoms with Gasteiger partial charge in [-0.2, -0.15) is 0 Å². The van der Waals surface area contributed by atoms with Crippen LogP contribution in [0, 0.1) is 5.92 Å². The largest absolute Gasteiger partial charge is 0.355 e. The predicted molar refractivity (Wildman–Crippen MR) is 111 cm³/mol. The molecular weight excluding hydrogens is 354 g/mol. The van der Waals surface area contributed by atoms with E-state index in [2.05, 4.69) is 20.9 Å². The van der Waals surface area contributed by atoms with Gasteiger partial charge in [-0.15, -0.1) is 0 Å². The van der Waals surface area contributed by atoms with E-state index in [1.54, 1.807) is 11.9 Å². The quantitative estimate of drug-likeness (QED) is 0.378. The molecule has 0 aromatic heterocycles. The number of hydrogen-bond acceptors (Lipinski definition) is 3. The van der Waals surface area contributed by atoms with Gasteiger partial charge < -0.3 is 20.9 Å². The zero-order valence-corrected chi connectivity index (χ0v) is 16.6. The van der Waals surface area contributed by atoms with E-state index < -0.39 is 0 Å². The van der Waals surface area contributed by atoms with Gasteiger partial charge in [-0.05, 0) is 30.9 Å². The van der Waals surface area contributed by atoms with Crippen LogP contribution in [-0.2, 0) is 9.59 Å². The lowest BCUT2D eigenvalue weighted by molar-refractivity contribution is -0.122. The van der Waals surface area contributed by atoms with Gasteiger partial charge in [0.05, 0.1) is 6.04 Å². The van der Waals surface area contributed by atoms with Gasteiger partial charge in [-0.25, -0.2) is 0 Å². The Hall–Kier alpha value is -2.57. The van der Waals surface area contributed by atoms with E-state index in [0.29, 0.717) is 44.4 Å². The minimum Gasteiger partial charge on any atom is -0.355 e.